The number of methoxy groups -OCH3 is 1. The van der Waals surface area contributed by atoms with Crippen molar-refractivity contribution >= 4 is 33.7 Å². The van der Waals surface area contributed by atoms with Crippen LogP contribution in [-0.4, -0.2) is 38.5 Å². The number of amides is 1. The van der Waals surface area contributed by atoms with E-state index in [-0.39, 0.29) is 17.0 Å². The van der Waals surface area contributed by atoms with E-state index in [2.05, 4.69) is 0 Å². The van der Waals surface area contributed by atoms with Gasteiger partial charge in [0.1, 0.15) is 5.00 Å². The van der Waals surface area contributed by atoms with Gasteiger partial charge in [-0.3, -0.25) is 9.59 Å². The van der Waals surface area contributed by atoms with Gasteiger partial charge in [-0.15, -0.1) is 11.3 Å². The zero-order valence-electron chi connectivity index (χ0n) is 11.4. The molecule has 0 unspecified atom stereocenters. The Bertz CT molecular complexity index is 485. The molecule has 0 spiro atoms. The van der Waals surface area contributed by atoms with E-state index in [0.29, 0.717) is 29.6 Å². The molecule has 0 saturated heterocycles. The van der Waals surface area contributed by atoms with Crippen molar-refractivity contribution in [1.82, 2.24) is 0 Å². The van der Waals surface area contributed by atoms with Crippen LogP contribution in [0.15, 0.2) is 0 Å². The highest BCUT2D eigenvalue weighted by Crippen LogP contribution is 2.38. The summed E-state index contributed by atoms with van der Waals surface area (Å²) < 4.78 is 5.03. The summed E-state index contributed by atoms with van der Waals surface area (Å²) in [6, 6.07) is 0. The molecule has 0 aromatic carbocycles. The molecule has 106 valence electrons. The van der Waals surface area contributed by atoms with Crippen LogP contribution in [0.5, 0.6) is 0 Å². The quantitative estimate of drug-likeness (QED) is 0.731. The first-order valence-electron chi connectivity index (χ1n) is 5.90. The molecule has 0 bridgehead atoms. The number of primary amides is 1. The first-order chi connectivity index (χ1) is 8.93. The molecule has 1 amide bonds. The van der Waals surface area contributed by atoms with Gasteiger partial charge in [-0.05, 0) is 6.92 Å². The van der Waals surface area contributed by atoms with E-state index in [1.54, 1.807) is 7.11 Å². The molecule has 4 N–H and O–H groups in total. The Hall–Kier alpha value is -1.60. The first kappa shape index (κ1) is 15.5. The number of nitrogens with two attached hydrogens (primary N) is 2. The van der Waals surface area contributed by atoms with Crippen LogP contribution in [0.25, 0.3) is 0 Å². The van der Waals surface area contributed by atoms with Crippen molar-refractivity contribution in [3.05, 3.63) is 10.4 Å². The number of hydrogen-bond acceptors (Lipinski definition) is 6. The van der Waals surface area contributed by atoms with Gasteiger partial charge < -0.3 is 21.1 Å². The molecule has 0 aliphatic carbocycles. The smallest absolute Gasteiger partial charge is 0.253 e. The molecule has 0 atom stereocenters. The Kier molecular flexibility index (Phi) is 5.31. The summed E-state index contributed by atoms with van der Waals surface area (Å²) >= 11 is 1.20. The van der Waals surface area contributed by atoms with Gasteiger partial charge in [0, 0.05) is 27.1 Å². The van der Waals surface area contributed by atoms with Crippen molar-refractivity contribution in [2.75, 3.05) is 37.4 Å². The van der Waals surface area contributed by atoms with Crippen molar-refractivity contribution in [2.45, 2.75) is 13.8 Å². The predicted molar refractivity (Wildman–Crippen MR) is 77.0 cm³/mol. The van der Waals surface area contributed by atoms with E-state index in [4.69, 9.17) is 16.2 Å². The number of Topliss-reactive ketones (excluding diaryl/α,β-unsaturated/α-hetero) is 1. The van der Waals surface area contributed by atoms with Crippen molar-refractivity contribution in [3.63, 3.8) is 0 Å². The van der Waals surface area contributed by atoms with Crippen LogP contribution in [0.2, 0.25) is 0 Å². The molecule has 7 heteroatoms. The highest BCUT2D eigenvalue weighted by Gasteiger charge is 2.25. The third-order valence-corrected chi connectivity index (χ3v) is 4.09. The minimum Gasteiger partial charge on any atom is -0.397 e. The van der Waals surface area contributed by atoms with E-state index in [9.17, 15) is 9.59 Å². The maximum Gasteiger partial charge on any atom is 0.253 e. The van der Waals surface area contributed by atoms with E-state index >= 15 is 0 Å². The van der Waals surface area contributed by atoms with Gasteiger partial charge in [-0.25, -0.2) is 0 Å². The lowest BCUT2D eigenvalue weighted by atomic mass is 10.2. The van der Waals surface area contributed by atoms with Gasteiger partial charge in [-0.1, -0.05) is 0 Å². The van der Waals surface area contributed by atoms with Gasteiger partial charge >= 0.3 is 0 Å². The molecule has 0 radical (unpaired) electrons. The number of likely N-dealkylation sites (N-methyl/N-ethyl adjacent to an activating group) is 1. The number of carbonyl (C=O) groups is 2. The van der Waals surface area contributed by atoms with Crippen molar-refractivity contribution in [3.8, 4) is 0 Å². The summed E-state index contributed by atoms with van der Waals surface area (Å²) in [5, 5.41) is 0.634. The maximum absolute atomic E-state index is 11.6. The zero-order valence-corrected chi connectivity index (χ0v) is 12.2. The van der Waals surface area contributed by atoms with Gasteiger partial charge in [-0.2, -0.15) is 0 Å². The Morgan fingerprint density at radius 1 is 1.42 bits per heavy atom. The zero-order chi connectivity index (χ0) is 14.6. The lowest BCUT2D eigenvalue weighted by Gasteiger charge is -2.21. The number of ether oxygens (including phenoxy) is 1. The average molecular weight is 285 g/mol. The van der Waals surface area contributed by atoms with E-state index in [1.165, 1.54) is 18.3 Å². The fourth-order valence-corrected chi connectivity index (χ4v) is 2.97. The van der Waals surface area contributed by atoms with Gasteiger partial charge in [0.2, 0.25) is 0 Å². The average Bonchev–Trinajstić information content (AvgIpc) is 2.68. The summed E-state index contributed by atoms with van der Waals surface area (Å²) in [5.41, 5.74) is 11.6. The molecule has 6 nitrogen and oxygen atoms in total. The Balaban J connectivity index is 3.27. The second-order valence-electron chi connectivity index (χ2n) is 4.02. The topological polar surface area (TPSA) is 98.7 Å². The van der Waals surface area contributed by atoms with E-state index < -0.39 is 5.91 Å². The minimum atomic E-state index is -0.618. The van der Waals surface area contributed by atoms with Crippen molar-refractivity contribution in [1.29, 1.82) is 0 Å². The number of thiophene rings is 1. The highest BCUT2D eigenvalue weighted by molar-refractivity contribution is 7.19. The highest BCUT2D eigenvalue weighted by atomic mass is 32.1. The van der Waals surface area contributed by atoms with Crippen LogP contribution in [0.1, 0.15) is 33.9 Å². The van der Waals surface area contributed by atoms with Crippen LogP contribution in [0, 0.1) is 0 Å². The Morgan fingerprint density at radius 3 is 2.47 bits per heavy atom. The SMILES string of the molecule is CCN(CCOC)c1sc(C(C)=O)c(N)c1C(N)=O. The lowest BCUT2D eigenvalue weighted by Crippen LogP contribution is -2.28. The molecule has 1 heterocycles. The second kappa shape index (κ2) is 6.53. The number of anilines is 2. The van der Waals surface area contributed by atoms with Crippen LogP contribution in [0.3, 0.4) is 0 Å². The fraction of sp³-hybridized carbons (Fsp3) is 0.500. The summed E-state index contributed by atoms with van der Waals surface area (Å²) in [6.07, 6.45) is 0. The summed E-state index contributed by atoms with van der Waals surface area (Å²) in [4.78, 5) is 25.4. The third kappa shape index (κ3) is 3.24. The molecule has 0 fully saturated rings. The molecule has 1 rings (SSSR count). The summed E-state index contributed by atoms with van der Waals surface area (Å²) in [6.45, 7) is 5.15. The van der Waals surface area contributed by atoms with Gasteiger partial charge in [0.15, 0.2) is 5.78 Å². The van der Waals surface area contributed by atoms with Gasteiger partial charge in [0.05, 0.1) is 22.7 Å². The monoisotopic (exact) mass is 285 g/mol. The first-order valence-corrected chi connectivity index (χ1v) is 6.72. The largest absolute Gasteiger partial charge is 0.397 e. The van der Waals surface area contributed by atoms with Crippen molar-refractivity contribution < 1.29 is 14.3 Å². The lowest BCUT2D eigenvalue weighted by molar-refractivity contribution is 0.100. The van der Waals surface area contributed by atoms with Crippen LogP contribution < -0.4 is 16.4 Å². The number of ketones is 1. The van der Waals surface area contributed by atoms with E-state index in [0.717, 1.165) is 0 Å². The van der Waals surface area contributed by atoms with Crippen molar-refractivity contribution in [2.24, 2.45) is 5.73 Å². The van der Waals surface area contributed by atoms with E-state index in [1.807, 2.05) is 11.8 Å². The number of carbonyl (C=O) groups excluding carboxylic acids is 2. The molecule has 1 aromatic rings. The Labute approximate surface area is 116 Å². The third-order valence-electron chi connectivity index (χ3n) is 2.73. The molecule has 0 saturated carbocycles. The van der Waals surface area contributed by atoms with Crippen LogP contribution >= 0.6 is 11.3 Å². The molecule has 0 aliphatic heterocycles. The number of nitrogen functional groups attached to an aromatic ring is 1. The molecule has 1 aromatic heterocycles. The summed E-state index contributed by atoms with van der Waals surface area (Å²) in [5.74, 6) is -0.786. The maximum atomic E-state index is 11.6. The normalized spacial score (nSPS) is 10.5. The molecule has 0 aliphatic rings. The molecular formula is C12H19N3O3S. The minimum absolute atomic E-state index is 0.168. The summed E-state index contributed by atoms with van der Waals surface area (Å²) in [7, 11) is 1.60. The molecule has 19 heavy (non-hydrogen) atoms. The number of nitrogens with zero attached hydrogens (tertiary/aromatic N) is 1. The standard InChI is InChI=1S/C12H19N3O3S/c1-4-15(5-6-18-3)12-8(11(14)17)9(13)10(19-12)7(2)16/h4-6,13H2,1-3H3,(H2,14,17). The predicted octanol–water partition coefficient (Wildman–Crippen LogP) is 1.10. The number of rotatable bonds is 7. The Morgan fingerprint density at radius 2 is 2.05 bits per heavy atom. The van der Waals surface area contributed by atoms with Crippen LogP contribution in [-0.2, 0) is 4.74 Å². The van der Waals surface area contributed by atoms with Crippen LogP contribution in [0.4, 0.5) is 10.7 Å². The van der Waals surface area contributed by atoms with Gasteiger partial charge in [0.25, 0.3) is 5.91 Å². The fourth-order valence-electron chi connectivity index (χ4n) is 1.76. The second-order valence-corrected chi connectivity index (χ2v) is 5.02. The molecular weight excluding hydrogens is 266 g/mol. The number of hydrogen-bond donors (Lipinski definition) is 2.